The molecule has 5 rings (SSSR count). The van der Waals surface area contributed by atoms with Crippen LogP contribution in [-0.4, -0.2) is 27.5 Å². The number of rotatable bonds is 3. The van der Waals surface area contributed by atoms with E-state index in [-0.39, 0.29) is 17.8 Å². The van der Waals surface area contributed by atoms with Crippen LogP contribution in [0, 0.1) is 11.6 Å². The van der Waals surface area contributed by atoms with E-state index in [9.17, 15) is 22.0 Å². The van der Waals surface area contributed by atoms with Crippen LogP contribution >= 0.6 is 0 Å². The van der Waals surface area contributed by atoms with E-state index in [0.29, 0.717) is 43.6 Å². The Morgan fingerprint density at radius 2 is 1.78 bits per heavy atom. The molecule has 1 fully saturated rings. The Kier molecular flexibility index (Phi) is 5.23. The van der Waals surface area contributed by atoms with Crippen molar-refractivity contribution in [3.05, 3.63) is 64.5 Å². The van der Waals surface area contributed by atoms with Gasteiger partial charge in [-0.25, -0.2) is 13.8 Å². The van der Waals surface area contributed by atoms with E-state index >= 15 is 0 Å². The normalized spacial score (nSPS) is 20.2. The first-order chi connectivity index (χ1) is 15.2. The molecule has 0 spiro atoms. The number of hydrogen-bond donors (Lipinski definition) is 0. The smallest absolute Gasteiger partial charge is 0.324 e. The average molecular weight is 449 g/mol. The second kappa shape index (κ2) is 7.83. The van der Waals surface area contributed by atoms with Gasteiger partial charge in [0, 0.05) is 12.1 Å². The van der Waals surface area contributed by atoms with Gasteiger partial charge in [0.2, 0.25) is 0 Å². The zero-order valence-corrected chi connectivity index (χ0v) is 17.7. The van der Waals surface area contributed by atoms with Crippen molar-refractivity contribution < 1.29 is 22.0 Å². The van der Waals surface area contributed by atoms with Gasteiger partial charge in [0.05, 0.1) is 23.1 Å². The Labute approximate surface area is 182 Å². The van der Waals surface area contributed by atoms with Crippen LogP contribution in [0.1, 0.15) is 60.7 Å². The molecule has 2 aromatic carbocycles. The Balaban J connectivity index is 1.33. The van der Waals surface area contributed by atoms with Crippen molar-refractivity contribution in [3.63, 3.8) is 0 Å². The number of aryl methyl sites for hydroxylation is 1. The number of piperidine rings is 1. The number of hydrogen-bond acceptors (Lipinski definition) is 2. The van der Waals surface area contributed by atoms with Gasteiger partial charge >= 0.3 is 6.18 Å². The molecule has 0 aliphatic carbocycles. The van der Waals surface area contributed by atoms with Gasteiger partial charge in [-0.15, -0.1) is 0 Å². The first-order valence-corrected chi connectivity index (χ1v) is 11.0. The van der Waals surface area contributed by atoms with Gasteiger partial charge in [0.25, 0.3) is 0 Å². The lowest BCUT2D eigenvalue weighted by Gasteiger charge is -2.33. The maximum Gasteiger partial charge on any atom is 0.419 e. The fourth-order valence-corrected chi connectivity index (χ4v) is 5.23. The van der Waals surface area contributed by atoms with Crippen molar-refractivity contribution in [1.82, 2.24) is 14.5 Å². The number of halogens is 5. The summed E-state index contributed by atoms with van der Waals surface area (Å²) in [5.41, 5.74) is 2.03. The molecule has 3 heterocycles. The summed E-state index contributed by atoms with van der Waals surface area (Å²) in [6.45, 7) is 4.18. The molecule has 0 amide bonds. The highest BCUT2D eigenvalue weighted by atomic mass is 19.4. The van der Waals surface area contributed by atoms with Gasteiger partial charge in [-0.2, -0.15) is 13.2 Å². The monoisotopic (exact) mass is 449 g/mol. The molecular weight excluding hydrogens is 425 g/mol. The molecule has 3 nitrogen and oxygen atoms in total. The van der Waals surface area contributed by atoms with E-state index in [1.165, 1.54) is 12.1 Å². The molecule has 1 aromatic heterocycles. The van der Waals surface area contributed by atoms with Crippen LogP contribution in [0.3, 0.4) is 0 Å². The fraction of sp³-hybridized carbons (Fsp3) is 0.458. The zero-order valence-electron chi connectivity index (χ0n) is 17.7. The van der Waals surface area contributed by atoms with Crippen LogP contribution in [0.5, 0.6) is 0 Å². The van der Waals surface area contributed by atoms with E-state index in [4.69, 9.17) is 4.98 Å². The third-order valence-electron chi connectivity index (χ3n) is 6.89. The first-order valence-electron chi connectivity index (χ1n) is 11.0. The van der Waals surface area contributed by atoms with Crippen molar-refractivity contribution >= 4 is 11.0 Å². The van der Waals surface area contributed by atoms with Gasteiger partial charge in [-0.1, -0.05) is 6.07 Å². The third kappa shape index (κ3) is 3.78. The second-order valence-corrected chi connectivity index (χ2v) is 9.01. The van der Waals surface area contributed by atoms with Crippen molar-refractivity contribution in [3.8, 4) is 0 Å². The lowest BCUT2D eigenvalue weighted by Crippen LogP contribution is -2.34. The quantitative estimate of drug-likeness (QED) is 0.443. The molecule has 1 atom stereocenters. The van der Waals surface area contributed by atoms with E-state index < -0.39 is 17.6 Å². The summed E-state index contributed by atoms with van der Waals surface area (Å²) in [5.74, 6) is -0.635. The Hall–Kier alpha value is -2.48. The van der Waals surface area contributed by atoms with Gasteiger partial charge in [-0.05, 0) is 80.9 Å². The van der Waals surface area contributed by atoms with Gasteiger partial charge in [-0.3, -0.25) is 4.90 Å². The number of benzene rings is 2. The SMILES string of the molecule is CC1CCc2cc(F)cc3nc(CN4CCC(c5ccc(F)c(C(F)(F)F)c5)CC4)n1c23. The summed E-state index contributed by atoms with van der Waals surface area (Å²) >= 11 is 0. The molecule has 3 aromatic rings. The summed E-state index contributed by atoms with van der Waals surface area (Å²) in [4.78, 5) is 6.97. The number of aromatic nitrogens is 2. The summed E-state index contributed by atoms with van der Waals surface area (Å²) in [7, 11) is 0. The molecular formula is C24H24F5N3. The third-order valence-corrected chi connectivity index (χ3v) is 6.89. The molecule has 1 unspecified atom stereocenters. The van der Waals surface area contributed by atoms with E-state index in [0.717, 1.165) is 41.9 Å². The molecule has 0 N–H and O–H groups in total. The predicted molar refractivity (Wildman–Crippen MR) is 111 cm³/mol. The highest BCUT2D eigenvalue weighted by molar-refractivity contribution is 5.80. The summed E-state index contributed by atoms with van der Waals surface area (Å²) < 4.78 is 69.0. The lowest BCUT2D eigenvalue weighted by molar-refractivity contribution is -0.140. The lowest BCUT2D eigenvalue weighted by atomic mass is 9.88. The zero-order chi connectivity index (χ0) is 22.6. The Bertz CT molecular complexity index is 1160. The van der Waals surface area contributed by atoms with Crippen molar-refractivity contribution in [2.75, 3.05) is 13.1 Å². The van der Waals surface area contributed by atoms with Crippen LogP contribution in [-0.2, 0) is 19.1 Å². The minimum atomic E-state index is -4.69. The largest absolute Gasteiger partial charge is 0.419 e. The van der Waals surface area contributed by atoms with Crippen LogP contribution < -0.4 is 0 Å². The molecule has 2 aliphatic rings. The van der Waals surface area contributed by atoms with Gasteiger partial charge in [0.1, 0.15) is 17.5 Å². The van der Waals surface area contributed by atoms with Crippen LogP contribution in [0.2, 0.25) is 0 Å². The van der Waals surface area contributed by atoms with Crippen molar-refractivity contribution in [1.29, 1.82) is 0 Å². The number of imidazole rings is 1. The van der Waals surface area contributed by atoms with Gasteiger partial charge < -0.3 is 4.57 Å². The number of likely N-dealkylation sites (tertiary alicyclic amines) is 1. The second-order valence-electron chi connectivity index (χ2n) is 9.01. The number of alkyl halides is 3. The number of nitrogens with zero attached hydrogens (tertiary/aromatic N) is 3. The molecule has 0 bridgehead atoms. The summed E-state index contributed by atoms with van der Waals surface area (Å²) in [6, 6.07) is 6.71. The fourth-order valence-electron chi connectivity index (χ4n) is 5.23. The maximum absolute atomic E-state index is 14.0. The standard InChI is InChI=1S/C24H24F5N3/c1-14-2-3-17-10-18(25)12-21-23(17)32(14)22(30-21)13-31-8-6-15(7-9-31)16-4-5-20(26)19(11-16)24(27,28)29/h4-5,10-12,14-15H,2-3,6-9,13H2,1H3. The van der Waals surface area contributed by atoms with Crippen LogP contribution in [0.4, 0.5) is 22.0 Å². The molecule has 1 saturated heterocycles. The Morgan fingerprint density at radius 1 is 1.03 bits per heavy atom. The molecule has 0 saturated carbocycles. The van der Waals surface area contributed by atoms with E-state index in [2.05, 4.69) is 16.4 Å². The molecule has 32 heavy (non-hydrogen) atoms. The molecule has 8 heteroatoms. The van der Waals surface area contributed by atoms with Gasteiger partial charge in [0.15, 0.2) is 0 Å². The maximum atomic E-state index is 14.0. The molecule has 0 radical (unpaired) electrons. The molecule has 2 aliphatic heterocycles. The van der Waals surface area contributed by atoms with E-state index in [1.54, 1.807) is 6.07 Å². The van der Waals surface area contributed by atoms with Crippen LogP contribution in [0.15, 0.2) is 30.3 Å². The summed E-state index contributed by atoms with van der Waals surface area (Å²) in [5, 5.41) is 0. The average Bonchev–Trinajstić information content (AvgIpc) is 3.09. The summed E-state index contributed by atoms with van der Waals surface area (Å²) in [6.07, 6.45) is -1.54. The molecule has 170 valence electrons. The highest BCUT2D eigenvalue weighted by Gasteiger charge is 2.35. The highest BCUT2D eigenvalue weighted by Crippen LogP contribution is 2.37. The minimum absolute atomic E-state index is 0.0368. The Morgan fingerprint density at radius 3 is 2.50 bits per heavy atom. The minimum Gasteiger partial charge on any atom is -0.324 e. The van der Waals surface area contributed by atoms with Crippen molar-refractivity contribution in [2.45, 2.75) is 57.3 Å². The van der Waals surface area contributed by atoms with E-state index in [1.807, 2.05) is 0 Å². The van der Waals surface area contributed by atoms with Crippen molar-refractivity contribution in [2.24, 2.45) is 0 Å². The topological polar surface area (TPSA) is 21.1 Å². The van der Waals surface area contributed by atoms with Crippen LogP contribution in [0.25, 0.3) is 11.0 Å². The first kappa shape index (κ1) is 21.4. The predicted octanol–water partition coefficient (Wildman–Crippen LogP) is 6.22.